The van der Waals surface area contributed by atoms with E-state index in [1.807, 2.05) is 7.05 Å². The quantitative estimate of drug-likeness (QED) is 0.573. The second kappa shape index (κ2) is 6.63. The Morgan fingerprint density at radius 2 is 1.84 bits per heavy atom. The van der Waals surface area contributed by atoms with Crippen LogP contribution in [0.5, 0.6) is 0 Å². The Bertz CT molecular complexity index is 698. The summed E-state index contributed by atoms with van der Waals surface area (Å²) in [5.74, 6) is -0.763. The summed E-state index contributed by atoms with van der Waals surface area (Å²) in [6.45, 7) is 2.43. The Morgan fingerprint density at radius 3 is 2.52 bits per heavy atom. The minimum atomic E-state index is -0.464. The molecule has 136 valence electrons. The molecule has 0 N–H and O–H groups in total. The van der Waals surface area contributed by atoms with Gasteiger partial charge < -0.3 is 14.4 Å². The van der Waals surface area contributed by atoms with Crippen LogP contribution in [0, 0.1) is 0 Å². The van der Waals surface area contributed by atoms with Gasteiger partial charge >= 0.3 is 0 Å². The van der Waals surface area contributed by atoms with Crippen LogP contribution in [0.15, 0.2) is 18.3 Å². The Labute approximate surface area is 148 Å². The number of likely N-dealkylation sites (tertiary alicyclic amines) is 1. The molecule has 1 atom stereocenters. The van der Waals surface area contributed by atoms with Gasteiger partial charge in [0.1, 0.15) is 0 Å². The maximum Gasteiger partial charge on any atom is 0.296 e. The number of ketones is 1. The van der Waals surface area contributed by atoms with Gasteiger partial charge in [-0.3, -0.25) is 19.3 Å². The first-order chi connectivity index (χ1) is 11.8. The van der Waals surface area contributed by atoms with Crippen LogP contribution in [0.25, 0.3) is 0 Å². The van der Waals surface area contributed by atoms with Crippen LogP contribution >= 0.6 is 0 Å². The third kappa shape index (κ3) is 3.20. The molecule has 7 nitrogen and oxygen atoms in total. The number of carbonyl (C=O) groups excluding carboxylic acids is 3. The number of hydrogen-bond donors (Lipinski definition) is 0. The van der Waals surface area contributed by atoms with Gasteiger partial charge in [-0.25, -0.2) is 0 Å². The highest BCUT2D eigenvalue weighted by Crippen LogP contribution is 2.32. The summed E-state index contributed by atoms with van der Waals surface area (Å²) in [5.41, 5.74) is 0.178. The molecule has 0 aliphatic carbocycles. The standard InChI is InChI=1S/C18H26N4O3/c1-19-9-4-5-14(19)16(24)17(25)22-12-11-21(3)18(13-22)7-6-15(23)20(2)10-8-18/h4-5,9H,6-8,10-13H2,1-3H3. The molecule has 2 saturated heterocycles. The van der Waals surface area contributed by atoms with Crippen molar-refractivity contribution >= 4 is 17.6 Å². The van der Waals surface area contributed by atoms with Crippen molar-refractivity contribution in [2.45, 2.75) is 24.8 Å². The molecule has 1 unspecified atom stereocenters. The lowest BCUT2D eigenvalue weighted by atomic mass is 9.86. The molecule has 2 aliphatic rings. The van der Waals surface area contributed by atoms with Crippen LogP contribution in [0.3, 0.4) is 0 Å². The minimum absolute atomic E-state index is 0.147. The lowest BCUT2D eigenvalue weighted by molar-refractivity contribution is -0.132. The number of likely N-dealkylation sites (N-methyl/N-ethyl adjacent to an activating group) is 1. The van der Waals surface area contributed by atoms with E-state index in [0.717, 1.165) is 12.8 Å². The molecule has 1 aromatic heterocycles. The highest BCUT2D eigenvalue weighted by molar-refractivity contribution is 6.42. The average molecular weight is 346 g/mol. The third-order valence-electron chi connectivity index (χ3n) is 5.80. The van der Waals surface area contributed by atoms with Crippen LogP contribution in [-0.2, 0) is 16.6 Å². The normalized spacial score (nSPS) is 25.3. The molecule has 25 heavy (non-hydrogen) atoms. The fourth-order valence-electron chi connectivity index (χ4n) is 3.88. The van der Waals surface area contributed by atoms with Gasteiger partial charge in [-0.15, -0.1) is 0 Å². The molecule has 0 aromatic carbocycles. The number of carbonyl (C=O) groups is 3. The summed E-state index contributed by atoms with van der Waals surface area (Å²) in [7, 11) is 5.64. The molecule has 2 amide bonds. The molecule has 1 aromatic rings. The Morgan fingerprint density at radius 1 is 1.08 bits per heavy atom. The number of amides is 2. The molecule has 0 bridgehead atoms. The highest BCUT2D eigenvalue weighted by atomic mass is 16.2. The van der Waals surface area contributed by atoms with Gasteiger partial charge in [-0.1, -0.05) is 0 Å². The number of aromatic nitrogens is 1. The lowest BCUT2D eigenvalue weighted by Crippen LogP contribution is -2.63. The zero-order chi connectivity index (χ0) is 18.2. The van der Waals surface area contributed by atoms with Crippen molar-refractivity contribution in [3.63, 3.8) is 0 Å². The van der Waals surface area contributed by atoms with Gasteiger partial charge in [-0.2, -0.15) is 0 Å². The highest BCUT2D eigenvalue weighted by Gasteiger charge is 2.44. The predicted octanol–water partition coefficient (Wildman–Crippen LogP) is 0.363. The summed E-state index contributed by atoms with van der Waals surface area (Å²) < 4.78 is 1.67. The SMILES string of the molecule is CN1CCC2(CCC1=O)CN(C(=O)C(=O)c1cccn1C)CCN2C. The van der Waals surface area contributed by atoms with E-state index in [4.69, 9.17) is 0 Å². The summed E-state index contributed by atoms with van der Waals surface area (Å²) in [6.07, 6.45) is 3.77. The number of hydrogen-bond acceptors (Lipinski definition) is 4. The van der Waals surface area contributed by atoms with Crippen molar-refractivity contribution in [1.29, 1.82) is 0 Å². The Kier molecular flexibility index (Phi) is 4.69. The summed E-state index contributed by atoms with van der Waals surface area (Å²) in [4.78, 5) is 43.1. The zero-order valence-electron chi connectivity index (χ0n) is 15.2. The molecule has 0 saturated carbocycles. The first-order valence-electron chi connectivity index (χ1n) is 8.74. The minimum Gasteiger partial charge on any atom is -0.348 e. The van der Waals surface area contributed by atoms with E-state index in [9.17, 15) is 14.4 Å². The number of aryl methyl sites for hydroxylation is 1. The molecule has 7 heteroatoms. The van der Waals surface area contributed by atoms with Crippen molar-refractivity contribution in [3.05, 3.63) is 24.0 Å². The molecule has 0 radical (unpaired) electrons. The van der Waals surface area contributed by atoms with Crippen molar-refractivity contribution in [1.82, 2.24) is 19.3 Å². The molecule has 2 fully saturated rings. The Hall–Kier alpha value is -2.15. The van der Waals surface area contributed by atoms with Crippen LogP contribution < -0.4 is 0 Å². The van der Waals surface area contributed by atoms with Crippen molar-refractivity contribution < 1.29 is 14.4 Å². The molecular formula is C18H26N4O3. The van der Waals surface area contributed by atoms with Crippen molar-refractivity contribution in [2.75, 3.05) is 40.3 Å². The molecule has 1 spiro atoms. The molecule has 3 heterocycles. The maximum absolute atomic E-state index is 12.8. The number of nitrogens with zero attached hydrogens (tertiary/aromatic N) is 4. The monoisotopic (exact) mass is 346 g/mol. The molecule has 3 rings (SSSR count). The van der Waals surface area contributed by atoms with Gasteiger partial charge in [0, 0.05) is 58.4 Å². The smallest absolute Gasteiger partial charge is 0.296 e. The van der Waals surface area contributed by atoms with E-state index >= 15 is 0 Å². The number of Topliss-reactive ketones (excluding diaryl/α,β-unsaturated/α-hetero) is 1. The van der Waals surface area contributed by atoms with E-state index in [-0.39, 0.29) is 11.4 Å². The van der Waals surface area contributed by atoms with E-state index in [0.29, 0.717) is 38.3 Å². The van der Waals surface area contributed by atoms with Crippen molar-refractivity contribution in [3.8, 4) is 0 Å². The Balaban J connectivity index is 1.78. The predicted molar refractivity (Wildman–Crippen MR) is 93.2 cm³/mol. The maximum atomic E-state index is 12.8. The fraction of sp³-hybridized carbons (Fsp3) is 0.611. The molecular weight excluding hydrogens is 320 g/mol. The lowest BCUT2D eigenvalue weighted by Gasteiger charge is -2.49. The first-order valence-corrected chi connectivity index (χ1v) is 8.74. The van der Waals surface area contributed by atoms with Gasteiger partial charge in [0.15, 0.2) is 0 Å². The summed E-state index contributed by atoms with van der Waals surface area (Å²) in [6, 6.07) is 3.43. The van der Waals surface area contributed by atoms with Gasteiger partial charge in [-0.05, 0) is 32.0 Å². The van der Waals surface area contributed by atoms with E-state index in [1.54, 1.807) is 39.7 Å². The summed E-state index contributed by atoms with van der Waals surface area (Å²) >= 11 is 0. The second-order valence-electron chi connectivity index (χ2n) is 7.27. The van der Waals surface area contributed by atoms with E-state index in [2.05, 4.69) is 11.9 Å². The van der Waals surface area contributed by atoms with Crippen LogP contribution in [-0.4, -0.2) is 82.7 Å². The van der Waals surface area contributed by atoms with Crippen LogP contribution in [0.4, 0.5) is 0 Å². The summed E-state index contributed by atoms with van der Waals surface area (Å²) in [5, 5.41) is 0. The zero-order valence-corrected chi connectivity index (χ0v) is 15.2. The second-order valence-corrected chi connectivity index (χ2v) is 7.27. The molecule has 2 aliphatic heterocycles. The largest absolute Gasteiger partial charge is 0.348 e. The van der Waals surface area contributed by atoms with Gasteiger partial charge in [0.05, 0.1) is 5.69 Å². The topological polar surface area (TPSA) is 65.9 Å². The fourth-order valence-corrected chi connectivity index (χ4v) is 3.88. The first kappa shape index (κ1) is 17.7. The number of rotatable bonds is 2. The van der Waals surface area contributed by atoms with Gasteiger partial charge in [0.25, 0.3) is 11.7 Å². The average Bonchev–Trinajstić information content (AvgIpc) is 2.98. The van der Waals surface area contributed by atoms with Crippen LogP contribution in [0.1, 0.15) is 29.8 Å². The van der Waals surface area contributed by atoms with Crippen molar-refractivity contribution in [2.24, 2.45) is 7.05 Å². The number of piperazine rings is 1. The van der Waals surface area contributed by atoms with E-state index in [1.165, 1.54) is 0 Å². The van der Waals surface area contributed by atoms with E-state index < -0.39 is 11.7 Å². The van der Waals surface area contributed by atoms with Gasteiger partial charge in [0.2, 0.25) is 5.91 Å². The van der Waals surface area contributed by atoms with Crippen LogP contribution in [0.2, 0.25) is 0 Å². The third-order valence-corrected chi connectivity index (χ3v) is 5.80.